The van der Waals surface area contributed by atoms with Gasteiger partial charge in [-0.3, -0.25) is 0 Å². The summed E-state index contributed by atoms with van der Waals surface area (Å²) in [5.74, 6) is -0.396. The Morgan fingerprint density at radius 2 is 2.58 bits per heavy atom. The minimum atomic E-state index is -0.888. The normalized spacial score (nSPS) is 25.6. The Labute approximate surface area is 71.9 Å². The smallest absolute Gasteiger partial charge is 0.332 e. The predicted molar refractivity (Wildman–Crippen MR) is 44.0 cm³/mol. The fourth-order valence-corrected chi connectivity index (χ4v) is 1.21. The van der Waals surface area contributed by atoms with Gasteiger partial charge in [0.25, 0.3) is 0 Å². The van der Waals surface area contributed by atoms with Crippen LogP contribution in [0.25, 0.3) is 0 Å². The van der Waals surface area contributed by atoms with E-state index in [1.165, 1.54) is 0 Å². The highest BCUT2D eigenvalue weighted by Gasteiger charge is 2.18. The first-order valence-corrected chi connectivity index (χ1v) is 4.25. The summed E-state index contributed by atoms with van der Waals surface area (Å²) >= 11 is 0. The zero-order valence-electron chi connectivity index (χ0n) is 7.25. The monoisotopic (exact) mass is 173 g/mol. The molecular formula is C8H15NO3. The molecule has 1 rings (SSSR count). The van der Waals surface area contributed by atoms with Crippen LogP contribution in [0.15, 0.2) is 0 Å². The fourth-order valence-electron chi connectivity index (χ4n) is 1.21. The van der Waals surface area contributed by atoms with Gasteiger partial charge in [-0.15, -0.1) is 0 Å². The highest BCUT2D eigenvalue weighted by atomic mass is 16.5. The molecule has 0 spiro atoms. The van der Waals surface area contributed by atoms with Crippen molar-refractivity contribution >= 4 is 5.97 Å². The summed E-state index contributed by atoms with van der Waals surface area (Å²) in [6, 6.07) is 0. The minimum Gasteiger partial charge on any atom is -0.479 e. The van der Waals surface area contributed by atoms with Gasteiger partial charge in [-0.2, -0.15) is 0 Å². The molecule has 0 aromatic carbocycles. The lowest BCUT2D eigenvalue weighted by Crippen LogP contribution is -2.24. The second-order valence-electron chi connectivity index (χ2n) is 3.17. The van der Waals surface area contributed by atoms with Crippen molar-refractivity contribution in [3.63, 3.8) is 0 Å². The Bertz CT molecular complexity index is 154. The maximum Gasteiger partial charge on any atom is 0.332 e. The Hall–Kier alpha value is -0.610. The molecule has 4 nitrogen and oxygen atoms in total. The number of aliphatic carboxylic acids is 1. The van der Waals surface area contributed by atoms with E-state index < -0.39 is 12.1 Å². The minimum absolute atomic E-state index is 0.492. The van der Waals surface area contributed by atoms with Crippen LogP contribution in [0.1, 0.15) is 13.3 Å². The molecule has 1 fully saturated rings. The number of nitrogens with one attached hydrogen (secondary N) is 1. The molecule has 0 saturated carbocycles. The van der Waals surface area contributed by atoms with Gasteiger partial charge in [0, 0.05) is 6.54 Å². The van der Waals surface area contributed by atoms with Gasteiger partial charge in [0.2, 0.25) is 0 Å². The van der Waals surface area contributed by atoms with Crippen LogP contribution in [-0.2, 0) is 9.53 Å². The number of hydrogen-bond acceptors (Lipinski definition) is 3. The molecule has 2 unspecified atom stereocenters. The first kappa shape index (κ1) is 9.48. The lowest BCUT2D eigenvalue weighted by atomic mass is 10.1. The van der Waals surface area contributed by atoms with Gasteiger partial charge in [0.15, 0.2) is 6.10 Å². The molecule has 0 aromatic rings. The number of carboxylic acids is 1. The number of carbonyl (C=O) groups is 1. The summed E-state index contributed by atoms with van der Waals surface area (Å²) in [6.07, 6.45) is 0.414. The summed E-state index contributed by atoms with van der Waals surface area (Å²) in [5, 5.41) is 11.7. The molecule has 1 saturated heterocycles. The Kier molecular flexibility index (Phi) is 3.49. The van der Waals surface area contributed by atoms with E-state index in [0.29, 0.717) is 12.5 Å². The highest BCUT2D eigenvalue weighted by Crippen LogP contribution is 2.08. The van der Waals surface area contributed by atoms with Crippen molar-refractivity contribution in [1.29, 1.82) is 0 Å². The van der Waals surface area contributed by atoms with Crippen molar-refractivity contribution in [3.8, 4) is 0 Å². The first-order chi connectivity index (χ1) is 5.70. The van der Waals surface area contributed by atoms with Gasteiger partial charge in [0.1, 0.15) is 0 Å². The van der Waals surface area contributed by atoms with Gasteiger partial charge < -0.3 is 15.2 Å². The Morgan fingerprint density at radius 3 is 3.08 bits per heavy atom. The maximum atomic E-state index is 10.4. The zero-order chi connectivity index (χ0) is 8.97. The molecule has 1 heterocycles. The van der Waals surface area contributed by atoms with Crippen LogP contribution in [0.2, 0.25) is 0 Å². The molecule has 12 heavy (non-hydrogen) atoms. The van der Waals surface area contributed by atoms with Crippen molar-refractivity contribution in [2.24, 2.45) is 5.92 Å². The van der Waals surface area contributed by atoms with Crippen LogP contribution < -0.4 is 5.32 Å². The number of rotatable bonds is 4. The van der Waals surface area contributed by atoms with Crippen LogP contribution >= 0.6 is 0 Å². The molecule has 2 N–H and O–H groups in total. The van der Waals surface area contributed by atoms with Gasteiger partial charge in [-0.05, 0) is 25.8 Å². The van der Waals surface area contributed by atoms with Gasteiger partial charge in [-0.25, -0.2) is 4.79 Å². The standard InChI is InChI=1S/C8H15NO3/c1-6(8(10)11)12-5-7-2-3-9-4-7/h6-7,9H,2-5H2,1H3,(H,10,11). The Balaban J connectivity index is 2.11. The van der Waals surface area contributed by atoms with Gasteiger partial charge in [-0.1, -0.05) is 0 Å². The number of ether oxygens (including phenoxy) is 1. The summed E-state index contributed by atoms with van der Waals surface area (Å²) < 4.78 is 5.15. The van der Waals surface area contributed by atoms with Crippen molar-refractivity contribution < 1.29 is 14.6 Å². The predicted octanol–water partition coefficient (Wildman–Crippen LogP) is 0.0856. The molecule has 70 valence electrons. The van der Waals surface area contributed by atoms with Crippen LogP contribution in [0.4, 0.5) is 0 Å². The average Bonchev–Trinajstić information content (AvgIpc) is 2.51. The third-order valence-corrected chi connectivity index (χ3v) is 2.09. The van der Waals surface area contributed by atoms with Crippen molar-refractivity contribution in [2.75, 3.05) is 19.7 Å². The lowest BCUT2D eigenvalue weighted by Gasteiger charge is -2.11. The third kappa shape index (κ3) is 2.79. The third-order valence-electron chi connectivity index (χ3n) is 2.09. The van der Waals surface area contributed by atoms with E-state index in [0.717, 1.165) is 19.5 Å². The van der Waals surface area contributed by atoms with Crippen LogP contribution in [-0.4, -0.2) is 36.9 Å². The van der Waals surface area contributed by atoms with Crippen LogP contribution in [0.3, 0.4) is 0 Å². The number of hydrogen-bond donors (Lipinski definition) is 2. The largest absolute Gasteiger partial charge is 0.479 e. The van der Waals surface area contributed by atoms with Crippen LogP contribution in [0, 0.1) is 5.92 Å². The van der Waals surface area contributed by atoms with Gasteiger partial charge >= 0.3 is 5.97 Å². The highest BCUT2D eigenvalue weighted by molar-refractivity contribution is 5.71. The van der Waals surface area contributed by atoms with E-state index in [1.54, 1.807) is 6.92 Å². The molecule has 0 bridgehead atoms. The van der Waals surface area contributed by atoms with Crippen LogP contribution in [0.5, 0.6) is 0 Å². The molecule has 1 aliphatic heterocycles. The first-order valence-electron chi connectivity index (χ1n) is 4.25. The van der Waals surface area contributed by atoms with E-state index in [9.17, 15) is 4.79 Å². The number of carboxylic acid groups (broad SMARTS) is 1. The second kappa shape index (κ2) is 4.42. The molecule has 0 radical (unpaired) electrons. The molecular weight excluding hydrogens is 158 g/mol. The van der Waals surface area contributed by atoms with Crippen molar-refractivity contribution in [1.82, 2.24) is 5.32 Å². The van der Waals surface area contributed by atoms with E-state index in [1.807, 2.05) is 0 Å². The van der Waals surface area contributed by atoms with Gasteiger partial charge in [0.05, 0.1) is 6.61 Å². The molecule has 1 aliphatic rings. The second-order valence-corrected chi connectivity index (χ2v) is 3.17. The van der Waals surface area contributed by atoms with E-state index >= 15 is 0 Å². The summed E-state index contributed by atoms with van der Waals surface area (Å²) in [6.45, 7) is 4.09. The van der Waals surface area contributed by atoms with E-state index in [2.05, 4.69) is 5.32 Å². The van der Waals surface area contributed by atoms with Crippen molar-refractivity contribution in [2.45, 2.75) is 19.4 Å². The summed E-state index contributed by atoms with van der Waals surface area (Å²) in [7, 11) is 0. The topological polar surface area (TPSA) is 58.6 Å². The SMILES string of the molecule is CC(OCC1CCNC1)C(=O)O. The molecule has 0 aromatic heterocycles. The summed E-state index contributed by atoms with van der Waals surface area (Å²) in [5.41, 5.74) is 0. The quantitative estimate of drug-likeness (QED) is 0.632. The Morgan fingerprint density at radius 1 is 1.83 bits per heavy atom. The molecule has 0 amide bonds. The fraction of sp³-hybridized carbons (Fsp3) is 0.875. The maximum absolute atomic E-state index is 10.4. The van der Waals surface area contributed by atoms with Crippen molar-refractivity contribution in [3.05, 3.63) is 0 Å². The lowest BCUT2D eigenvalue weighted by molar-refractivity contribution is -0.149. The zero-order valence-corrected chi connectivity index (χ0v) is 7.25. The van der Waals surface area contributed by atoms with E-state index in [4.69, 9.17) is 9.84 Å². The average molecular weight is 173 g/mol. The van der Waals surface area contributed by atoms with E-state index in [-0.39, 0.29) is 0 Å². The summed E-state index contributed by atoms with van der Waals surface area (Å²) in [4.78, 5) is 10.4. The molecule has 2 atom stereocenters. The molecule has 0 aliphatic carbocycles. The molecule has 4 heteroatoms.